The summed E-state index contributed by atoms with van der Waals surface area (Å²) in [6.45, 7) is 5.61. The van der Waals surface area contributed by atoms with Crippen molar-refractivity contribution < 1.29 is 27.9 Å². The van der Waals surface area contributed by atoms with Crippen molar-refractivity contribution in [3.05, 3.63) is 35.4 Å². The third-order valence-electron chi connectivity index (χ3n) is 3.91. The first-order chi connectivity index (χ1) is 14.0. The summed E-state index contributed by atoms with van der Waals surface area (Å²) in [6, 6.07) is 2.51. The van der Waals surface area contributed by atoms with Gasteiger partial charge in [0.2, 0.25) is 0 Å². The number of urea groups is 1. The molecular weight excluding hydrogens is 418 g/mol. The zero-order chi connectivity index (χ0) is 22.5. The zero-order valence-corrected chi connectivity index (χ0v) is 18.4. The number of alkyl carbamates (subject to hydrolysis) is 1. The molecule has 0 spiro atoms. The second-order valence-corrected chi connectivity index (χ2v) is 8.65. The Morgan fingerprint density at radius 3 is 2.67 bits per heavy atom. The maximum absolute atomic E-state index is 14.2. The maximum Gasteiger partial charge on any atom is 0.407 e. The van der Waals surface area contributed by atoms with E-state index in [-0.39, 0.29) is 10.6 Å². The van der Waals surface area contributed by atoms with Crippen molar-refractivity contribution in [3.63, 3.8) is 0 Å². The van der Waals surface area contributed by atoms with E-state index in [2.05, 4.69) is 10.4 Å². The van der Waals surface area contributed by atoms with Gasteiger partial charge in [0, 0.05) is 19.2 Å². The normalized spacial score (nSPS) is 16.3. The molecule has 1 heterocycles. The number of nitrogens with one attached hydrogen (secondary N) is 1. The molecule has 0 radical (unpaired) electrons. The van der Waals surface area contributed by atoms with Gasteiger partial charge in [-0.2, -0.15) is 10.1 Å². The molecule has 0 aromatic heterocycles. The number of nitrogens with zero attached hydrogens (tertiary/aromatic N) is 3. The number of hydrogen-bond acceptors (Lipinski definition) is 6. The highest BCUT2D eigenvalue weighted by Gasteiger charge is 2.35. The van der Waals surface area contributed by atoms with Crippen molar-refractivity contribution in [3.8, 4) is 0 Å². The van der Waals surface area contributed by atoms with Gasteiger partial charge in [-0.3, -0.25) is 4.84 Å². The van der Waals surface area contributed by atoms with Gasteiger partial charge in [0.1, 0.15) is 27.7 Å². The molecule has 0 unspecified atom stereocenters. The third kappa shape index (κ3) is 6.56. The van der Waals surface area contributed by atoms with Crippen LogP contribution in [0, 0.1) is 11.6 Å². The molecule has 1 aliphatic rings. The molecule has 1 atom stereocenters. The molecule has 1 aliphatic heterocycles. The number of hydrazone groups is 1. The predicted octanol–water partition coefficient (Wildman–Crippen LogP) is 3.92. The highest BCUT2D eigenvalue weighted by atomic mass is 32.2. The largest absolute Gasteiger partial charge is 0.444 e. The Bertz CT molecular complexity index is 816. The first-order valence-corrected chi connectivity index (χ1v) is 10.2. The van der Waals surface area contributed by atoms with Crippen LogP contribution < -0.4 is 5.32 Å². The van der Waals surface area contributed by atoms with Gasteiger partial charge < -0.3 is 10.1 Å². The van der Waals surface area contributed by atoms with Crippen molar-refractivity contribution >= 4 is 28.9 Å². The molecule has 0 aliphatic carbocycles. The first-order valence-electron chi connectivity index (χ1n) is 9.30. The standard InChI is InChI=1S/C19H26F2N4O4S/c1-19(2,3)29-17(26)22-10-6-7-15-25(18(27)24(4)28-5)23-16(30-15)13-11-12(20)8-9-14(13)21/h8-9,11,15H,6-7,10H2,1-5H3,(H,22,26)/t15-/m1/s1. The van der Waals surface area contributed by atoms with E-state index in [0.717, 1.165) is 35.0 Å². The molecule has 0 bridgehead atoms. The molecule has 2 rings (SSSR count). The molecule has 1 N–H and O–H groups in total. The number of benzene rings is 1. The average molecular weight is 445 g/mol. The molecule has 3 amide bonds. The number of carbonyl (C=O) groups excluding carboxylic acids is 2. The molecule has 166 valence electrons. The second-order valence-electron chi connectivity index (χ2n) is 7.48. The van der Waals surface area contributed by atoms with Crippen molar-refractivity contribution in [2.75, 3.05) is 20.7 Å². The Labute approximate surface area is 178 Å². The highest BCUT2D eigenvalue weighted by molar-refractivity contribution is 8.15. The summed E-state index contributed by atoms with van der Waals surface area (Å²) < 4.78 is 32.9. The summed E-state index contributed by atoms with van der Waals surface area (Å²) in [7, 11) is 2.75. The van der Waals surface area contributed by atoms with E-state index >= 15 is 0 Å². The quantitative estimate of drug-likeness (QED) is 0.531. The van der Waals surface area contributed by atoms with E-state index in [1.165, 1.54) is 19.2 Å². The van der Waals surface area contributed by atoms with Crippen LogP contribution in [-0.2, 0) is 9.57 Å². The van der Waals surface area contributed by atoms with Crippen molar-refractivity contribution in [2.45, 2.75) is 44.6 Å². The van der Waals surface area contributed by atoms with Gasteiger partial charge in [0.25, 0.3) is 0 Å². The fourth-order valence-corrected chi connectivity index (χ4v) is 3.69. The number of hydroxylamine groups is 2. The van der Waals surface area contributed by atoms with Gasteiger partial charge >= 0.3 is 12.1 Å². The molecular formula is C19H26F2N4O4S. The molecule has 30 heavy (non-hydrogen) atoms. The Balaban J connectivity index is 2.05. The SMILES string of the molecule is CON(C)C(=O)N1N=C(c2cc(F)ccc2F)S[C@@H]1CCCNC(=O)OC(C)(C)C. The lowest BCUT2D eigenvalue weighted by atomic mass is 10.2. The fraction of sp³-hybridized carbons (Fsp3) is 0.526. The molecule has 0 fully saturated rings. The highest BCUT2D eigenvalue weighted by Crippen LogP contribution is 2.34. The van der Waals surface area contributed by atoms with Crippen LogP contribution in [-0.4, -0.2) is 58.9 Å². The summed E-state index contributed by atoms with van der Waals surface area (Å²) in [5.74, 6) is -1.24. The fourth-order valence-electron chi connectivity index (χ4n) is 2.49. The molecule has 0 saturated carbocycles. The average Bonchev–Trinajstić information content (AvgIpc) is 3.08. The van der Waals surface area contributed by atoms with E-state index in [1.807, 2.05) is 0 Å². The number of halogens is 2. The smallest absolute Gasteiger partial charge is 0.407 e. The molecule has 8 nitrogen and oxygen atoms in total. The van der Waals surface area contributed by atoms with Gasteiger partial charge in [0.05, 0.1) is 7.11 Å². The van der Waals surface area contributed by atoms with E-state index in [0.29, 0.717) is 19.4 Å². The second kappa shape index (κ2) is 10.1. The Hall–Kier alpha value is -2.40. The monoisotopic (exact) mass is 444 g/mol. The van der Waals surface area contributed by atoms with Gasteiger partial charge in [-0.05, 0) is 51.8 Å². The van der Waals surface area contributed by atoms with Crippen molar-refractivity contribution in [1.82, 2.24) is 15.4 Å². The third-order valence-corrected chi connectivity index (χ3v) is 5.15. The van der Waals surface area contributed by atoms with Crippen LogP contribution >= 0.6 is 11.8 Å². The Kier molecular flexibility index (Phi) is 8.02. The molecule has 1 aromatic rings. The van der Waals surface area contributed by atoms with Crippen LogP contribution in [0.3, 0.4) is 0 Å². The Morgan fingerprint density at radius 2 is 2.03 bits per heavy atom. The summed E-state index contributed by atoms with van der Waals surface area (Å²) in [5, 5.41) is 8.71. The van der Waals surface area contributed by atoms with Crippen LogP contribution in [0.25, 0.3) is 0 Å². The summed E-state index contributed by atoms with van der Waals surface area (Å²) in [5.41, 5.74) is -0.621. The minimum Gasteiger partial charge on any atom is -0.444 e. The van der Waals surface area contributed by atoms with Gasteiger partial charge in [0.15, 0.2) is 0 Å². The lowest BCUT2D eigenvalue weighted by Crippen LogP contribution is -2.40. The first kappa shape index (κ1) is 23.9. The van der Waals surface area contributed by atoms with E-state index in [1.54, 1.807) is 20.8 Å². The lowest BCUT2D eigenvalue weighted by Gasteiger charge is -2.24. The number of amides is 3. The molecule has 0 saturated heterocycles. The van der Waals surface area contributed by atoms with Crippen LogP contribution in [0.15, 0.2) is 23.3 Å². The maximum atomic E-state index is 14.2. The number of hydrogen-bond donors (Lipinski definition) is 1. The van der Waals surface area contributed by atoms with E-state index in [4.69, 9.17) is 9.57 Å². The van der Waals surface area contributed by atoms with E-state index < -0.39 is 34.7 Å². The van der Waals surface area contributed by atoms with Crippen LogP contribution in [0.4, 0.5) is 18.4 Å². The molecule has 1 aromatic carbocycles. The minimum absolute atomic E-state index is 0.0211. The predicted molar refractivity (Wildman–Crippen MR) is 110 cm³/mol. The topological polar surface area (TPSA) is 83.5 Å². The molecule has 11 heteroatoms. The number of thioether (sulfide) groups is 1. The minimum atomic E-state index is -0.637. The number of carbonyl (C=O) groups is 2. The van der Waals surface area contributed by atoms with Crippen molar-refractivity contribution in [2.24, 2.45) is 5.10 Å². The Morgan fingerprint density at radius 1 is 1.33 bits per heavy atom. The van der Waals surface area contributed by atoms with E-state index in [9.17, 15) is 18.4 Å². The van der Waals surface area contributed by atoms with Crippen molar-refractivity contribution in [1.29, 1.82) is 0 Å². The van der Waals surface area contributed by atoms with Crippen LogP contribution in [0.5, 0.6) is 0 Å². The summed E-state index contributed by atoms with van der Waals surface area (Å²) in [6.07, 6.45) is 0.409. The number of rotatable bonds is 6. The zero-order valence-electron chi connectivity index (χ0n) is 17.6. The summed E-state index contributed by atoms with van der Waals surface area (Å²) >= 11 is 1.14. The van der Waals surface area contributed by atoms with Gasteiger partial charge in [-0.1, -0.05) is 11.8 Å². The lowest BCUT2D eigenvalue weighted by molar-refractivity contribution is -0.0765. The summed E-state index contributed by atoms with van der Waals surface area (Å²) in [4.78, 5) is 29.2. The van der Waals surface area contributed by atoms with Crippen LogP contribution in [0.2, 0.25) is 0 Å². The van der Waals surface area contributed by atoms with Gasteiger partial charge in [-0.15, -0.1) is 0 Å². The van der Waals surface area contributed by atoms with Crippen LogP contribution in [0.1, 0.15) is 39.2 Å². The van der Waals surface area contributed by atoms with Gasteiger partial charge in [-0.25, -0.2) is 23.4 Å². The number of ether oxygens (including phenoxy) is 1.